The standard InChI is InChI=1S/C21H23N3O2S/c25-10-8-16-12-26-11-9-24(16)20-18-17(14-4-2-1-3-5-14)13-27-21(18)23-19(22-20)15-6-7-15/h1-5,13,15-16,25H,6-12H2. The second-order valence-corrected chi connectivity index (χ2v) is 8.17. The number of nitrogens with zero attached hydrogens (tertiary/aromatic N) is 3. The number of thiophene rings is 1. The fraction of sp³-hybridized carbons (Fsp3) is 0.429. The minimum absolute atomic E-state index is 0.150. The Morgan fingerprint density at radius 2 is 2.04 bits per heavy atom. The number of hydrogen-bond acceptors (Lipinski definition) is 6. The first kappa shape index (κ1) is 17.1. The summed E-state index contributed by atoms with van der Waals surface area (Å²) in [6, 6.07) is 10.6. The molecule has 1 N–H and O–H groups in total. The maximum atomic E-state index is 9.53. The summed E-state index contributed by atoms with van der Waals surface area (Å²) in [5.74, 6) is 2.50. The molecule has 0 radical (unpaired) electrons. The number of morpholine rings is 1. The highest BCUT2D eigenvalue weighted by Gasteiger charge is 2.32. The Labute approximate surface area is 162 Å². The first-order valence-electron chi connectivity index (χ1n) is 9.65. The molecule has 3 heterocycles. The van der Waals surface area contributed by atoms with Gasteiger partial charge in [-0.05, 0) is 24.8 Å². The number of aromatic nitrogens is 2. The van der Waals surface area contributed by atoms with E-state index in [9.17, 15) is 5.11 Å². The minimum atomic E-state index is 0.150. The molecular weight excluding hydrogens is 358 g/mol. The second-order valence-electron chi connectivity index (χ2n) is 7.31. The first-order chi connectivity index (χ1) is 13.3. The Balaban J connectivity index is 1.69. The van der Waals surface area contributed by atoms with Gasteiger partial charge in [0, 0.05) is 30.0 Å². The molecule has 1 unspecified atom stereocenters. The molecule has 0 spiro atoms. The number of anilines is 1. The van der Waals surface area contributed by atoms with Crippen molar-refractivity contribution in [2.24, 2.45) is 0 Å². The number of ether oxygens (including phenoxy) is 1. The van der Waals surface area contributed by atoms with Crippen molar-refractivity contribution < 1.29 is 9.84 Å². The topological polar surface area (TPSA) is 58.5 Å². The van der Waals surface area contributed by atoms with Gasteiger partial charge < -0.3 is 14.7 Å². The van der Waals surface area contributed by atoms with Crippen LogP contribution in [0.4, 0.5) is 5.82 Å². The van der Waals surface area contributed by atoms with Gasteiger partial charge >= 0.3 is 0 Å². The molecule has 1 aliphatic heterocycles. The molecule has 2 aliphatic rings. The SMILES string of the molecule is OCCC1COCCN1c1nc(C2CC2)nc2scc(-c3ccccc3)c12. The summed E-state index contributed by atoms with van der Waals surface area (Å²) in [7, 11) is 0. The van der Waals surface area contributed by atoms with Crippen LogP contribution in [-0.4, -0.2) is 47.5 Å². The maximum absolute atomic E-state index is 9.53. The van der Waals surface area contributed by atoms with Crippen LogP contribution in [0.5, 0.6) is 0 Å². The van der Waals surface area contributed by atoms with Crippen molar-refractivity contribution in [2.45, 2.75) is 31.2 Å². The van der Waals surface area contributed by atoms with E-state index in [0.29, 0.717) is 25.6 Å². The lowest BCUT2D eigenvalue weighted by Crippen LogP contribution is -2.46. The summed E-state index contributed by atoms with van der Waals surface area (Å²) >= 11 is 1.70. The fourth-order valence-electron chi connectivity index (χ4n) is 3.82. The summed E-state index contributed by atoms with van der Waals surface area (Å²) in [4.78, 5) is 13.4. The van der Waals surface area contributed by atoms with Crippen molar-refractivity contribution in [3.63, 3.8) is 0 Å². The predicted molar refractivity (Wildman–Crippen MR) is 108 cm³/mol. The van der Waals surface area contributed by atoms with E-state index in [4.69, 9.17) is 14.7 Å². The summed E-state index contributed by atoms with van der Waals surface area (Å²) in [5, 5.41) is 12.9. The van der Waals surface area contributed by atoms with Crippen molar-refractivity contribution in [2.75, 3.05) is 31.3 Å². The van der Waals surface area contributed by atoms with Crippen LogP contribution < -0.4 is 4.90 Å². The van der Waals surface area contributed by atoms with Crippen LogP contribution in [0, 0.1) is 0 Å². The lowest BCUT2D eigenvalue weighted by atomic mass is 10.0. The Hall–Kier alpha value is -2.02. The average molecular weight is 382 g/mol. The molecule has 1 atom stereocenters. The van der Waals surface area contributed by atoms with Crippen molar-refractivity contribution in [3.05, 3.63) is 41.5 Å². The minimum Gasteiger partial charge on any atom is -0.396 e. The highest BCUT2D eigenvalue weighted by molar-refractivity contribution is 7.17. The van der Waals surface area contributed by atoms with Gasteiger partial charge in [-0.2, -0.15) is 0 Å². The van der Waals surface area contributed by atoms with Crippen molar-refractivity contribution in [3.8, 4) is 11.1 Å². The summed E-state index contributed by atoms with van der Waals surface area (Å²) in [6.45, 7) is 2.28. The normalized spacial score (nSPS) is 20.3. The first-order valence-corrected chi connectivity index (χ1v) is 10.5. The lowest BCUT2D eigenvalue weighted by molar-refractivity contribution is 0.0847. The van der Waals surface area contributed by atoms with Gasteiger partial charge in [-0.15, -0.1) is 11.3 Å². The van der Waals surface area contributed by atoms with Crippen LogP contribution in [0.25, 0.3) is 21.3 Å². The average Bonchev–Trinajstić information content (AvgIpc) is 3.48. The van der Waals surface area contributed by atoms with Gasteiger partial charge in [0.15, 0.2) is 0 Å². The third-order valence-electron chi connectivity index (χ3n) is 5.42. The molecule has 140 valence electrons. The van der Waals surface area contributed by atoms with E-state index in [-0.39, 0.29) is 12.6 Å². The van der Waals surface area contributed by atoms with Gasteiger partial charge in [0.05, 0.1) is 24.6 Å². The Morgan fingerprint density at radius 1 is 1.19 bits per heavy atom. The lowest BCUT2D eigenvalue weighted by Gasteiger charge is -2.37. The van der Waals surface area contributed by atoms with E-state index in [1.165, 1.54) is 24.0 Å². The summed E-state index contributed by atoms with van der Waals surface area (Å²) in [5.41, 5.74) is 2.39. The Morgan fingerprint density at radius 3 is 2.81 bits per heavy atom. The fourth-order valence-corrected chi connectivity index (χ4v) is 4.77. The van der Waals surface area contributed by atoms with E-state index < -0.39 is 0 Å². The van der Waals surface area contributed by atoms with Crippen LogP contribution >= 0.6 is 11.3 Å². The van der Waals surface area contributed by atoms with E-state index in [1.807, 2.05) is 6.07 Å². The zero-order valence-corrected chi connectivity index (χ0v) is 16.0. The molecule has 1 aromatic carbocycles. The van der Waals surface area contributed by atoms with E-state index in [2.05, 4.69) is 34.5 Å². The summed E-state index contributed by atoms with van der Waals surface area (Å²) < 4.78 is 5.69. The van der Waals surface area contributed by atoms with Crippen LogP contribution in [0.3, 0.4) is 0 Å². The van der Waals surface area contributed by atoms with Crippen molar-refractivity contribution >= 4 is 27.4 Å². The van der Waals surface area contributed by atoms with E-state index in [0.717, 1.165) is 28.4 Å². The molecule has 1 aliphatic carbocycles. The molecule has 5 nitrogen and oxygen atoms in total. The molecule has 3 aromatic rings. The number of aliphatic hydroxyl groups is 1. The van der Waals surface area contributed by atoms with Gasteiger partial charge in [-0.25, -0.2) is 9.97 Å². The second kappa shape index (κ2) is 7.19. The molecule has 6 heteroatoms. The van der Waals surface area contributed by atoms with Gasteiger partial charge in [-0.3, -0.25) is 0 Å². The van der Waals surface area contributed by atoms with Crippen LogP contribution in [0.15, 0.2) is 35.7 Å². The number of aliphatic hydroxyl groups excluding tert-OH is 1. The predicted octanol–water partition coefficient (Wildman–Crippen LogP) is 3.82. The smallest absolute Gasteiger partial charge is 0.142 e. The van der Waals surface area contributed by atoms with Crippen LogP contribution in [0.1, 0.15) is 31.0 Å². The molecule has 2 aromatic heterocycles. The zero-order valence-electron chi connectivity index (χ0n) is 15.2. The largest absolute Gasteiger partial charge is 0.396 e. The monoisotopic (exact) mass is 381 g/mol. The molecule has 1 saturated heterocycles. The van der Waals surface area contributed by atoms with Gasteiger partial charge in [0.1, 0.15) is 16.5 Å². The Bertz CT molecular complexity index is 937. The highest BCUT2D eigenvalue weighted by atomic mass is 32.1. The number of rotatable bonds is 5. The molecule has 5 rings (SSSR count). The number of hydrogen-bond donors (Lipinski definition) is 1. The Kier molecular flexibility index (Phi) is 4.55. The van der Waals surface area contributed by atoms with Gasteiger partial charge in [0.2, 0.25) is 0 Å². The van der Waals surface area contributed by atoms with Gasteiger partial charge in [0.25, 0.3) is 0 Å². The maximum Gasteiger partial charge on any atom is 0.142 e. The third-order valence-corrected chi connectivity index (χ3v) is 6.29. The molecule has 0 amide bonds. The molecule has 2 fully saturated rings. The van der Waals surface area contributed by atoms with Crippen LogP contribution in [-0.2, 0) is 4.74 Å². The molecule has 0 bridgehead atoms. The van der Waals surface area contributed by atoms with E-state index >= 15 is 0 Å². The summed E-state index contributed by atoms with van der Waals surface area (Å²) in [6.07, 6.45) is 3.06. The van der Waals surface area contributed by atoms with Crippen LogP contribution in [0.2, 0.25) is 0 Å². The van der Waals surface area contributed by atoms with E-state index in [1.54, 1.807) is 11.3 Å². The highest BCUT2D eigenvalue weighted by Crippen LogP contribution is 2.44. The number of fused-ring (bicyclic) bond motifs is 1. The quantitative estimate of drug-likeness (QED) is 0.728. The number of benzene rings is 1. The molecule has 1 saturated carbocycles. The zero-order chi connectivity index (χ0) is 18.2. The van der Waals surface area contributed by atoms with Gasteiger partial charge in [-0.1, -0.05) is 30.3 Å². The molecular formula is C21H23N3O2S. The third kappa shape index (κ3) is 3.22. The van der Waals surface area contributed by atoms with Crippen molar-refractivity contribution in [1.82, 2.24) is 9.97 Å². The van der Waals surface area contributed by atoms with Crippen molar-refractivity contribution in [1.29, 1.82) is 0 Å². The molecule has 27 heavy (non-hydrogen) atoms.